The standard InChI is InChI=1S/C42H42F3N11O7/c1-3-34(57)49-25-5-4-6-26(19-25)50-37-30(42(43,44)45)22-48-41(53-37)51-31-10-8-27(21-33(31)63-2)55-17-15-54(16-18-55)23-36(59)47-14-13-46-24-7-9-28-29(20-24)40(62)56(39(28)61)32-11-12-35(58)52-38(32)60/h3-10,19-22,32,46H,1,11-18,23H2,2H3,(H,47,59)(H,49,57)(H,52,58,60)(H2,48,50,51,53). The molecule has 7 rings (SSSR count). The Balaban J connectivity index is 0.884. The molecule has 0 radical (unpaired) electrons. The van der Waals surface area contributed by atoms with Gasteiger partial charge in [-0.25, -0.2) is 4.98 Å². The number of anilines is 7. The van der Waals surface area contributed by atoms with Gasteiger partial charge in [0.2, 0.25) is 29.6 Å². The van der Waals surface area contributed by atoms with Crippen molar-refractivity contribution < 1.29 is 46.7 Å². The van der Waals surface area contributed by atoms with Crippen LogP contribution in [0.25, 0.3) is 0 Å². The number of hydrogen-bond acceptors (Lipinski definition) is 14. The Hall–Kier alpha value is -7.55. The second-order valence-electron chi connectivity index (χ2n) is 14.6. The number of hydrogen-bond donors (Lipinski definition) is 6. The first-order valence-electron chi connectivity index (χ1n) is 19.7. The number of aromatic nitrogens is 2. The molecule has 3 aromatic carbocycles. The molecule has 0 spiro atoms. The Bertz CT molecular complexity index is 2480. The average molecular weight is 870 g/mol. The van der Waals surface area contributed by atoms with Gasteiger partial charge in [-0.05, 0) is 61.0 Å². The van der Waals surface area contributed by atoms with Gasteiger partial charge in [-0.3, -0.25) is 43.9 Å². The van der Waals surface area contributed by atoms with Crippen LogP contribution < -0.4 is 41.5 Å². The molecule has 1 atom stereocenters. The van der Waals surface area contributed by atoms with E-state index >= 15 is 0 Å². The highest BCUT2D eigenvalue weighted by Gasteiger charge is 2.44. The van der Waals surface area contributed by atoms with E-state index in [1.807, 2.05) is 11.0 Å². The number of piperidine rings is 1. The van der Waals surface area contributed by atoms with Crippen molar-refractivity contribution in [3.8, 4) is 5.75 Å². The maximum absolute atomic E-state index is 14.0. The molecule has 0 saturated carbocycles. The van der Waals surface area contributed by atoms with Gasteiger partial charge in [-0.15, -0.1) is 0 Å². The Morgan fingerprint density at radius 3 is 2.41 bits per heavy atom. The number of nitrogens with one attached hydrogen (secondary N) is 6. The lowest BCUT2D eigenvalue weighted by atomic mass is 10.0. The Labute approximate surface area is 358 Å². The Morgan fingerprint density at radius 2 is 1.68 bits per heavy atom. The van der Waals surface area contributed by atoms with Crippen LogP contribution in [0.2, 0.25) is 0 Å². The third-order valence-corrected chi connectivity index (χ3v) is 10.4. The minimum Gasteiger partial charge on any atom is -0.494 e. The molecule has 1 aromatic heterocycles. The summed E-state index contributed by atoms with van der Waals surface area (Å²) in [4.78, 5) is 87.5. The number of alkyl halides is 3. The lowest BCUT2D eigenvalue weighted by Crippen LogP contribution is -2.54. The maximum atomic E-state index is 14.0. The number of imide groups is 2. The van der Waals surface area contributed by atoms with Crippen LogP contribution in [0, 0.1) is 0 Å². The second-order valence-corrected chi connectivity index (χ2v) is 14.6. The number of methoxy groups -OCH3 is 1. The van der Waals surface area contributed by atoms with Crippen LogP contribution in [0.5, 0.6) is 5.75 Å². The van der Waals surface area contributed by atoms with Gasteiger partial charge in [0.05, 0.1) is 30.5 Å². The van der Waals surface area contributed by atoms with Crippen molar-refractivity contribution in [3.63, 3.8) is 0 Å². The molecule has 2 saturated heterocycles. The molecule has 6 N–H and O–H groups in total. The number of fused-ring (bicyclic) bond motifs is 1. The summed E-state index contributed by atoms with van der Waals surface area (Å²) in [6.07, 6.45) is -2.94. The van der Waals surface area contributed by atoms with Crippen molar-refractivity contribution in [1.29, 1.82) is 0 Å². The molecule has 4 heterocycles. The van der Waals surface area contributed by atoms with E-state index < -0.39 is 53.1 Å². The molecule has 18 nitrogen and oxygen atoms in total. The van der Waals surface area contributed by atoms with Crippen LogP contribution in [-0.2, 0) is 25.4 Å². The molecule has 6 amide bonds. The van der Waals surface area contributed by atoms with Crippen LogP contribution in [-0.4, -0.2) is 114 Å². The lowest BCUT2D eigenvalue weighted by Gasteiger charge is -2.36. The predicted octanol–water partition coefficient (Wildman–Crippen LogP) is 3.87. The molecule has 63 heavy (non-hydrogen) atoms. The van der Waals surface area contributed by atoms with Gasteiger partial charge in [0.1, 0.15) is 23.2 Å². The zero-order valence-electron chi connectivity index (χ0n) is 33.8. The highest BCUT2D eigenvalue weighted by molar-refractivity contribution is 6.23. The van der Waals surface area contributed by atoms with Crippen molar-refractivity contribution in [2.75, 3.05) is 79.1 Å². The van der Waals surface area contributed by atoms with Crippen molar-refractivity contribution in [2.45, 2.75) is 25.1 Å². The minimum atomic E-state index is -4.77. The fourth-order valence-electron chi connectivity index (χ4n) is 7.26. The fourth-order valence-corrected chi connectivity index (χ4v) is 7.26. The largest absolute Gasteiger partial charge is 0.494 e. The summed E-state index contributed by atoms with van der Waals surface area (Å²) >= 11 is 0. The van der Waals surface area contributed by atoms with Crippen LogP contribution in [0.3, 0.4) is 0 Å². The van der Waals surface area contributed by atoms with Crippen molar-refractivity contribution >= 4 is 75.6 Å². The number of amides is 6. The van der Waals surface area contributed by atoms with E-state index in [1.165, 1.54) is 31.4 Å². The molecule has 3 aliphatic rings. The second kappa shape index (κ2) is 18.6. The topological polar surface area (TPSA) is 219 Å². The number of carbonyl (C=O) groups is 6. The van der Waals surface area contributed by atoms with Gasteiger partial charge in [-0.1, -0.05) is 12.6 Å². The summed E-state index contributed by atoms with van der Waals surface area (Å²) in [5.74, 6) is -3.24. The van der Waals surface area contributed by atoms with Crippen molar-refractivity contribution in [1.82, 2.24) is 30.4 Å². The minimum absolute atomic E-state index is 0.0289. The third-order valence-electron chi connectivity index (χ3n) is 10.4. The molecule has 1 unspecified atom stereocenters. The van der Waals surface area contributed by atoms with Gasteiger partial charge in [0.25, 0.3) is 11.8 Å². The smallest absolute Gasteiger partial charge is 0.421 e. The quantitative estimate of drug-likeness (QED) is 0.0568. The first-order chi connectivity index (χ1) is 30.2. The molecule has 3 aliphatic heterocycles. The van der Waals surface area contributed by atoms with Crippen molar-refractivity contribution in [3.05, 3.63) is 96.2 Å². The highest BCUT2D eigenvalue weighted by atomic mass is 19.4. The van der Waals surface area contributed by atoms with Crippen LogP contribution in [0.15, 0.2) is 79.5 Å². The van der Waals surface area contributed by atoms with Crippen LogP contribution >= 0.6 is 0 Å². The maximum Gasteiger partial charge on any atom is 0.421 e. The lowest BCUT2D eigenvalue weighted by molar-refractivity contribution is -0.138. The number of carbonyl (C=O) groups excluding carboxylic acids is 6. The normalized spacial score (nSPS) is 16.5. The van der Waals surface area contributed by atoms with E-state index in [9.17, 15) is 41.9 Å². The van der Waals surface area contributed by atoms with Crippen molar-refractivity contribution in [2.24, 2.45) is 0 Å². The molecular formula is C42H42F3N11O7. The van der Waals surface area contributed by atoms with Gasteiger partial charge in [0.15, 0.2) is 0 Å². The molecule has 328 valence electrons. The summed E-state index contributed by atoms with van der Waals surface area (Å²) in [7, 11) is 1.46. The third kappa shape index (κ3) is 10.2. The van der Waals surface area contributed by atoms with E-state index in [4.69, 9.17) is 4.74 Å². The molecule has 0 aliphatic carbocycles. The fraction of sp³-hybridized carbons (Fsp3) is 0.286. The van der Waals surface area contributed by atoms with E-state index in [0.717, 1.165) is 16.7 Å². The predicted molar refractivity (Wildman–Crippen MR) is 225 cm³/mol. The van der Waals surface area contributed by atoms with Crippen LogP contribution in [0.1, 0.15) is 39.1 Å². The van der Waals surface area contributed by atoms with Gasteiger partial charge in [0, 0.05) is 80.7 Å². The summed E-state index contributed by atoms with van der Waals surface area (Å²) in [6.45, 7) is 6.55. The number of benzene rings is 3. The van der Waals surface area contributed by atoms with E-state index in [2.05, 4.69) is 53.3 Å². The summed E-state index contributed by atoms with van der Waals surface area (Å²) in [5.41, 5.74) is 1.58. The Kier molecular flexibility index (Phi) is 12.9. The number of ether oxygens (including phenoxy) is 1. The van der Waals surface area contributed by atoms with Gasteiger partial charge in [-0.2, -0.15) is 18.2 Å². The summed E-state index contributed by atoms with van der Waals surface area (Å²) in [6, 6.07) is 15.0. The zero-order chi connectivity index (χ0) is 44.8. The van der Waals surface area contributed by atoms with E-state index in [-0.39, 0.29) is 54.6 Å². The number of piperazine rings is 1. The molecular weight excluding hydrogens is 828 g/mol. The monoisotopic (exact) mass is 869 g/mol. The number of halogens is 3. The molecule has 2 fully saturated rings. The SMILES string of the molecule is C=CC(=O)Nc1cccc(Nc2nc(Nc3ccc(N4CCN(CC(=O)NCCNc5ccc6c(c5)C(=O)N(C5CCC(=O)NC5=O)C6=O)CC4)cc3OC)ncc2C(F)(F)F)c1. The number of rotatable bonds is 15. The molecule has 0 bridgehead atoms. The van der Waals surface area contributed by atoms with Crippen LogP contribution in [0.4, 0.5) is 53.4 Å². The Morgan fingerprint density at radius 1 is 0.921 bits per heavy atom. The average Bonchev–Trinajstić information content (AvgIpc) is 3.50. The molecule has 4 aromatic rings. The highest BCUT2D eigenvalue weighted by Crippen LogP contribution is 2.37. The van der Waals surface area contributed by atoms with E-state index in [0.29, 0.717) is 61.7 Å². The zero-order valence-corrected chi connectivity index (χ0v) is 33.8. The summed E-state index contributed by atoms with van der Waals surface area (Å²) in [5, 5.41) is 16.4. The van der Waals surface area contributed by atoms with E-state index in [1.54, 1.807) is 30.3 Å². The first kappa shape index (κ1) is 43.5. The van der Waals surface area contributed by atoms with Gasteiger partial charge < -0.3 is 36.2 Å². The number of nitrogens with zero attached hydrogens (tertiary/aromatic N) is 5. The summed E-state index contributed by atoms with van der Waals surface area (Å²) < 4.78 is 47.5. The molecule has 21 heteroatoms. The van der Waals surface area contributed by atoms with Gasteiger partial charge >= 0.3 is 6.18 Å². The first-order valence-corrected chi connectivity index (χ1v) is 19.7.